The summed E-state index contributed by atoms with van der Waals surface area (Å²) in [6, 6.07) is 5.83. The molecule has 3 rings (SSSR count). The van der Waals surface area contributed by atoms with E-state index >= 15 is 0 Å². The van der Waals surface area contributed by atoms with E-state index in [0.717, 1.165) is 17.1 Å². The van der Waals surface area contributed by atoms with Crippen molar-refractivity contribution in [3.05, 3.63) is 23.8 Å². The van der Waals surface area contributed by atoms with Crippen LogP contribution < -0.4 is 20.5 Å². The highest BCUT2D eigenvalue weighted by molar-refractivity contribution is 5.85. The lowest BCUT2D eigenvalue weighted by atomic mass is 9.95. The van der Waals surface area contributed by atoms with Crippen molar-refractivity contribution in [2.45, 2.75) is 25.3 Å². The van der Waals surface area contributed by atoms with Crippen LogP contribution in [0.3, 0.4) is 0 Å². The van der Waals surface area contributed by atoms with Crippen molar-refractivity contribution in [2.75, 3.05) is 20.3 Å². The average Bonchev–Trinajstić information content (AvgIpc) is 3.36. The summed E-state index contributed by atoms with van der Waals surface area (Å²) in [6.07, 6.45) is 3.02. The lowest BCUT2D eigenvalue weighted by Gasteiger charge is -2.27. The summed E-state index contributed by atoms with van der Waals surface area (Å²) in [5.41, 5.74) is 6.77. The number of nitrogens with one attached hydrogen (secondary N) is 1. The molecule has 1 fully saturated rings. The van der Waals surface area contributed by atoms with Crippen LogP contribution in [0.15, 0.2) is 18.2 Å². The van der Waals surface area contributed by atoms with Crippen LogP contribution in [0.1, 0.15) is 18.4 Å². The van der Waals surface area contributed by atoms with E-state index in [0.29, 0.717) is 25.5 Å². The van der Waals surface area contributed by atoms with E-state index in [-0.39, 0.29) is 30.3 Å². The normalized spacial score (nSPS) is 20.9. The summed E-state index contributed by atoms with van der Waals surface area (Å²) in [7, 11) is 1.64. The largest absolute Gasteiger partial charge is 0.497 e. The van der Waals surface area contributed by atoms with Gasteiger partial charge in [0.2, 0.25) is 5.91 Å². The third-order valence-corrected chi connectivity index (χ3v) is 4.32. The molecule has 2 unspecified atom stereocenters. The quantitative estimate of drug-likeness (QED) is 0.860. The molecule has 6 heteroatoms. The molecule has 1 heterocycles. The summed E-state index contributed by atoms with van der Waals surface area (Å²) in [6.45, 7) is 0.932. The zero-order chi connectivity index (χ0) is 14.8. The molecule has 1 aliphatic heterocycles. The Hall–Kier alpha value is -1.46. The van der Waals surface area contributed by atoms with E-state index in [2.05, 4.69) is 5.32 Å². The molecular formula is C16H23ClN2O3. The van der Waals surface area contributed by atoms with Gasteiger partial charge >= 0.3 is 0 Å². The summed E-state index contributed by atoms with van der Waals surface area (Å²) >= 11 is 0. The topological polar surface area (TPSA) is 73.6 Å². The highest BCUT2D eigenvalue weighted by atomic mass is 35.5. The van der Waals surface area contributed by atoms with Gasteiger partial charge in [-0.2, -0.15) is 0 Å². The Morgan fingerprint density at radius 2 is 2.27 bits per heavy atom. The number of hydrogen-bond donors (Lipinski definition) is 2. The molecule has 1 aromatic rings. The van der Waals surface area contributed by atoms with Crippen molar-refractivity contribution >= 4 is 18.3 Å². The number of carbonyl (C=O) groups excluding carboxylic acids is 1. The molecule has 22 heavy (non-hydrogen) atoms. The van der Waals surface area contributed by atoms with Gasteiger partial charge in [-0.3, -0.25) is 4.79 Å². The van der Waals surface area contributed by atoms with Crippen molar-refractivity contribution in [2.24, 2.45) is 17.6 Å². The van der Waals surface area contributed by atoms with Crippen molar-refractivity contribution in [1.29, 1.82) is 0 Å². The minimum Gasteiger partial charge on any atom is -0.497 e. The minimum absolute atomic E-state index is 0. The van der Waals surface area contributed by atoms with Crippen LogP contribution in [0.4, 0.5) is 0 Å². The lowest BCUT2D eigenvalue weighted by molar-refractivity contribution is -0.127. The minimum atomic E-state index is -0.155. The smallest absolute Gasteiger partial charge is 0.227 e. The molecule has 0 spiro atoms. The summed E-state index contributed by atoms with van der Waals surface area (Å²) < 4.78 is 10.9. The second-order valence-corrected chi connectivity index (χ2v) is 5.87. The molecule has 1 aliphatic carbocycles. The number of ether oxygens (including phenoxy) is 2. The zero-order valence-electron chi connectivity index (χ0n) is 12.7. The van der Waals surface area contributed by atoms with Crippen molar-refractivity contribution < 1.29 is 14.3 Å². The standard InChI is InChI=1S/C16H22N2O3.ClH/c1-20-13-4-5-15-11(7-13)6-12(9-21-15)16(19)18-14(8-17)10-2-3-10;/h4-5,7,10,12,14H,2-3,6,8-9,17H2,1H3,(H,18,19);1H. The van der Waals surface area contributed by atoms with E-state index in [1.165, 1.54) is 12.8 Å². The van der Waals surface area contributed by atoms with Crippen molar-refractivity contribution in [3.63, 3.8) is 0 Å². The number of benzene rings is 1. The van der Waals surface area contributed by atoms with Crippen LogP contribution in [0.5, 0.6) is 11.5 Å². The molecule has 2 aliphatic rings. The Labute approximate surface area is 137 Å². The van der Waals surface area contributed by atoms with E-state index in [9.17, 15) is 4.79 Å². The second kappa shape index (κ2) is 7.20. The van der Waals surface area contributed by atoms with Gasteiger partial charge in [0.05, 0.1) is 13.0 Å². The molecule has 0 aromatic heterocycles. The average molecular weight is 327 g/mol. The molecule has 3 N–H and O–H groups in total. The van der Waals surface area contributed by atoms with Crippen LogP contribution >= 0.6 is 12.4 Å². The fourth-order valence-electron chi connectivity index (χ4n) is 2.83. The highest BCUT2D eigenvalue weighted by Gasteiger charge is 2.34. The predicted octanol–water partition coefficient (Wildman–Crippen LogP) is 1.52. The van der Waals surface area contributed by atoms with E-state index in [1.807, 2.05) is 18.2 Å². The summed E-state index contributed by atoms with van der Waals surface area (Å²) in [4.78, 5) is 12.4. The third-order valence-electron chi connectivity index (χ3n) is 4.32. The molecule has 122 valence electrons. The molecule has 0 saturated heterocycles. The van der Waals surface area contributed by atoms with Gasteiger partial charge in [0.15, 0.2) is 0 Å². The molecular weight excluding hydrogens is 304 g/mol. The molecule has 1 saturated carbocycles. The van der Waals surface area contributed by atoms with Crippen LogP contribution in [-0.2, 0) is 11.2 Å². The van der Waals surface area contributed by atoms with Gasteiger partial charge in [-0.1, -0.05) is 0 Å². The fourth-order valence-corrected chi connectivity index (χ4v) is 2.83. The number of rotatable bonds is 5. The maximum absolute atomic E-state index is 12.4. The first-order chi connectivity index (χ1) is 10.2. The Morgan fingerprint density at radius 3 is 2.91 bits per heavy atom. The maximum atomic E-state index is 12.4. The number of halogens is 1. The van der Waals surface area contributed by atoms with Gasteiger partial charge in [-0.05, 0) is 48.9 Å². The first-order valence-corrected chi connectivity index (χ1v) is 7.51. The first kappa shape index (κ1) is 16.9. The van der Waals surface area contributed by atoms with Gasteiger partial charge in [-0.25, -0.2) is 0 Å². The SMILES string of the molecule is COc1ccc2c(c1)CC(C(=O)NC(CN)C1CC1)CO2.Cl. The number of carbonyl (C=O) groups is 1. The number of amides is 1. The van der Waals surface area contributed by atoms with Gasteiger partial charge in [-0.15, -0.1) is 12.4 Å². The fraction of sp³-hybridized carbons (Fsp3) is 0.562. The Kier molecular flexibility index (Phi) is 5.53. The van der Waals surface area contributed by atoms with Crippen LogP contribution in [0, 0.1) is 11.8 Å². The number of hydrogen-bond acceptors (Lipinski definition) is 4. The number of methoxy groups -OCH3 is 1. The lowest BCUT2D eigenvalue weighted by Crippen LogP contribution is -2.46. The van der Waals surface area contributed by atoms with Gasteiger partial charge < -0.3 is 20.5 Å². The molecule has 1 amide bonds. The van der Waals surface area contributed by atoms with Crippen LogP contribution in [0.25, 0.3) is 0 Å². The van der Waals surface area contributed by atoms with Crippen LogP contribution in [-0.4, -0.2) is 32.2 Å². The number of fused-ring (bicyclic) bond motifs is 1. The van der Waals surface area contributed by atoms with Gasteiger partial charge in [0.1, 0.15) is 18.1 Å². The number of nitrogens with two attached hydrogens (primary N) is 1. The van der Waals surface area contributed by atoms with Gasteiger partial charge in [0, 0.05) is 12.6 Å². The Bertz CT molecular complexity index is 534. The summed E-state index contributed by atoms with van der Waals surface area (Å²) in [5, 5.41) is 3.08. The maximum Gasteiger partial charge on any atom is 0.227 e. The second-order valence-electron chi connectivity index (χ2n) is 5.87. The highest BCUT2D eigenvalue weighted by Crippen LogP contribution is 2.33. The molecule has 2 atom stereocenters. The predicted molar refractivity (Wildman–Crippen MR) is 86.6 cm³/mol. The van der Waals surface area contributed by atoms with E-state index in [1.54, 1.807) is 7.11 Å². The van der Waals surface area contributed by atoms with Crippen molar-refractivity contribution in [3.8, 4) is 11.5 Å². The van der Waals surface area contributed by atoms with Crippen molar-refractivity contribution in [1.82, 2.24) is 5.32 Å². The van der Waals surface area contributed by atoms with E-state index < -0.39 is 0 Å². The first-order valence-electron chi connectivity index (χ1n) is 7.51. The molecule has 5 nitrogen and oxygen atoms in total. The Balaban J connectivity index is 0.00000176. The molecule has 1 aromatic carbocycles. The third kappa shape index (κ3) is 3.65. The molecule has 0 radical (unpaired) electrons. The van der Waals surface area contributed by atoms with Gasteiger partial charge in [0.25, 0.3) is 0 Å². The zero-order valence-corrected chi connectivity index (χ0v) is 13.5. The summed E-state index contributed by atoms with van der Waals surface area (Å²) in [5.74, 6) is 2.09. The molecule has 0 bridgehead atoms. The van der Waals surface area contributed by atoms with Crippen LogP contribution in [0.2, 0.25) is 0 Å². The monoisotopic (exact) mass is 326 g/mol. The van der Waals surface area contributed by atoms with E-state index in [4.69, 9.17) is 15.2 Å². The Morgan fingerprint density at radius 1 is 1.50 bits per heavy atom.